The van der Waals surface area contributed by atoms with E-state index in [1.165, 1.54) is 4.68 Å². The van der Waals surface area contributed by atoms with E-state index in [-0.39, 0.29) is 11.3 Å². The van der Waals surface area contributed by atoms with Crippen LogP contribution in [0.15, 0.2) is 60.0 Å². The summed E-state index contributed by atoms with van der Waals surface area (Å²) >= 11 is 0. The number of hydrogen-bond acceptors (Lipinski definition) is 4. The van der Waals surface area contributed by atoms with Crippen LogP contribution in [0.1, 0.15) is 27.9 Å². The topological polar surface area (TPSA) is 98.0 Å². The van der Waals surface area contributed by atoms with Crippen molar-refractivity contribution in [3.05, 3.63) is 77.0 Å². The van der Waals surface area contributed by atoms with Crippen LogP contribution in [0.4, 0.5) is 0 Å². The monoisotopic (exact) mass is 365 g/mol. The van der Waals surface area contributed by atoms with Gasteiger partial charge >= 0.3 is 0 Å². The molecule has 3 rings (SSSR count). The van der Waals surface area contributed by atoms with Crippen molar-refractivity contribution in [1.29, 1.82) is 0 Å². The number of carbonyl (C=O) groups is 2. The normalized spacial score (nSPS) is 10.6. The van der Waals surface area contributed by atoms with Crippen LogP contribution in [0.25, 0.3) is 10.8 Å². The fourth-order valence-electron chi connectivity index (χ4n) is 2.77. The van der Waals surface area contributed by atoms with Gasteiger partial charge in [-0.15, -0.1) is 6.58 Å². The van der Waals surface area contributed by atoms with E-state index in [0.29, 0.717) is 29.6 Å². The molecular weight excluding hydrogens is 346 g/mol. The van der Waals surface area contributed by atoms with Gasteiger partial charge in [-0.05, 0) is 25.1 Å². The molecule has 0 spiro atoms. The van der Waals surface area contributed by atoms with Crippen LogP contribution in [0.3, 0.4) is 0 Å². The van der Waals surface area contributed by atoms with Crippen LogP contribution < -0.4 is 16.4 Å². The van der Waals surface area contributed by atoms with Gasteiger partial charge in [0.05, 0.1) is 5.39 Å². The molecule has 0 aliphatic rings. The molecule has 8 heteroatoms. The van der Waals surface area contributed by atoms with Gasteiger partial charge in [-0.2, -0.15) is 5.10 Å². The Labute approximate surface area is 155 Å². The largest absolute Gasteiger partial charge is 0.340 e. The second-order valence-corrected chi connectivity index (χ2v) is 5.76. The van der Waals surface area contributed by atoms with Crippen molar-refractivity contribution in [1.82, 2.24) is 25.2 Å². The standard InChI is InChI=1S/C19H19N5O3/c1-3-11-23-12-7-10-15(23)17(25)20-21-18(26)16-13-8-5-6-9-14(13)19(27)24(4-2)22-16/h3,5-10,12H,1,4,11H2,2H3,(H,20,25)(H,21,26). The van der Waals surface area contributed by atoms with Gasteiger partial charge in [0, 0.05) is 24.7 Å². The lowest BCUT2D eigenvalue weighted by Crippen LogP contribution is -2.43. The van der Waals surface area contributed by atoms with Crippen molar-refractivity contribution in [2.75, 3.05) is 0 Å². The molecule has 3 aromatic rings. The van der Waals surface area contributed by atoms with Gasteiger partial charge in [-0.1, -0.05) is 24.3 Å². The summed E-state index contributed by atoms with van der Waals surface area (Å²) in [5, 5.41) is 4.95. The van der Waals surface area contributed by atoms with E-state index in [9.17, 15) is 14.4 Å². The van der Waals surface area contributed by atoms with E-state index >= 15 is 0 Å². The van der Waals surface area contributed by atoms with Crippen LogP contribution in [-0.4, -0.2) is 26.2 Å². The number of benzene rings is 1. The first-order chi connectivity index (χ1) is 13.1. The van der Waals surface area contributed by atoms with Crippen LogP contribution in [0.5, 0.6) is 0 Å². The molecule has 0 saturated carbocycles. The van der Waals surface area contributed by atoms with E-state index < -0.39 is 11.8 Å². The minimum Gasteiger partial charge on any atom is -0.340 e. The zero-order valence-corrected chi connectivity index (χ0v) is 14.8. The summed E-state index contributed by atoms with van der Waals surface area (Å²) in [5.74, 6) is -1.08. The van der Waals surface area contributed by atoms with Crippen LogP contribution >= 0.6 is 0 Å². The Morgan fingerprint density at radius 3 is 2.52 bits per heavy atom. The Kier molecular flexibility index (Phi) is 5.16. The fraction of sp³-hybridized carbons (Fsp3) is 0.158. The summed E-state index contributed by atoms with van der Waals surface area (Å²) in [5.41, 5.74) is 4.92. The number of nitrogens with one attached hydrogen (secondary N) is 2. The van der Waals surface area contributed by atoms with E-state index in [0.717, 1.165) is 0 Å². The minimum absolute atomic E-state index is 0.0637. The summed E-state index contributed by atoms with van der Waals surface area (Å²) in [7, 11) is 0. The molecular formula is C19H19N5O3. The number of carbonyl (C=O) groups excluding carboxylic acids is 2. The average molecular weight is 365 g/mol. The van der Waals surface area contributed by atoms with E-state index in [2.05, 4.69) is 22.5 Å². The van der Waals surface area contributed by atoms with Crippen LogP contribution in [0, 0.1) is 0 Å². The van der Waals surface area contributed by atoms with Crippen molar-refractivity contribution in [2.45, 2.75) is 20.0 Å². The molecule has 2 heterocycles. The van der Waals surface area contributed by atoms with Crippen molar-refractivity contribution in [3.63, 3.8) is 0 Å². The predicted molar refractivity (Wildman–Crippen MR) is 101 cm³/mol. The summed E-state index contributed by atoms with van der Waals surface area (Å²) in [6.45, 7) is 6.20. The summed E-state index contributed by atoms with van der Waals surface area (Å²) < 4.78 is 2.91. The van der Waals surface area contributed by atoms with E-state index in [4.69, 9.17) is 0 Å². The molecule has 2 N–H and O–H groups in total. The number of hydrazine groups is 1. The van der Waals surface area contributed by atoms with E-state index in [1.807, 2.05) is 0 Å². The predicted octanol–water partition coefficient (Wildman–Crippen LogP) is 1.48. The van der Waals surface area contributed by atoms with Gasteiger partial charge < -0.3 is 4.57 Å². The van der Waals surface area contributed by atoms with Gasteiger partial charge in [0.2, 0.25) is 0 Å². The van der Waals surface area contributed by atoms with Crippen molar-refractivity contribution < 1.29 is 9.59 Å². The minimum atomic E-state index is -0.608. The van der Waals surface area contributed by atoms with Crippen LogP contribution in [-0.2, 0) is 13.1 Å². The Balaban J connectivity index is 1.85. The molecule has 0 radical (unpaired) electrons. The number of nitrogens with zero attached hydrogens (tertiary/aromatic N) is 3. The molecule has 0 unspecified atom stereocenters. The summed E-state index contributed by atoms with van der Waals surface area (Å²) in [6.07, 6.45) is 3.41. The van der Waals surface area contributed by atoms with Gasteiger partial charge in [0.25, 0.3) is 17.4 Å². The van der Waals surface area contributed by atoms with Crippen molar-refractivity contribution >= 4 is 22.6 Å². The first kappa shape index (κ1) is 18.1. The number of allylic oxidation sites excluding steroid dienone is 1. The van der Waals surface area contributed by atoms with Crippen molar-refractivity contribution in [2.24, 2.45) is 0 Å². The maximum atomic E-state index is 12.6. The third kappa shape index (κ3) is 3.50. The van der Waals surface area contributed by atoms with E-state index in [1.54, 1.807) is 60.2 Å². The second kappa shape index (κ2) is 7.69. The molecule has 0 aliphatic heterocycles. The highest BCUT2D eigenvalue weighted by Gasteiger charge is 2.17. The fourth-order valence-corrected chi connectivity index (χ4v) is 2.77. The lowest BCUT2D eigenvalue weighted by Gasteiger charge is -2.11. The molecule has 0 fully saturated rings. The van der Waals surface area contributed by atoms with Gasteiger partial charge in [0.1, 0.15) is 5.69 Å². The molecule has 1 aromatic carbocycles. The number of aromatic nitrogens is 3. The lowest BCUT2D eigenvalue weighted by molar-refractivity contribution is 0.0839. The molecule has 138 valence electrons. The molecule has 0 aliphatic carbocycles. The zero-order valence-electron chi connectivity index (χ0n) is 14.8. The smallest absolute Gasteiger partial charge is 0.290 e. The zero-order chi connectivity index (χ0) is 19.4. The molecule has 8 nitrogen and oxygen atoms in total. The highest BCUT2D eigenvalue weighted by Crippen LogP contribution is 2.13. The number of fused-ring (bicyclic) bond motifs is 1. The third-order valence-electron chi connectivity index (χ3n) is 4.06. The van der Waals surface area contributed by atoms with Gasteiger partial charge in [-0.25, -0.2) is 4.68 Å². The van der Waals surface area contributed by atoms with Gasteiger partial charge in [0.15, 0.2) is 5.69 Å². The maximum absolute atomic E-state index is 12.6. The Morgan fingerprint density at radius 2 is 1.81 bits per heavy atom. The first-order valence-electron chi connectivity index (χ1n) is 8.43. The Morgan fingerprint density at radius 1 is 1.11 bits per heavy atom. The Hall–Kier alpha value is -3.68. The first-order valence-corrected chi connectivity index (χ1v) is 8.43. The lowest BCUT2D eigenvalue weighted by atomic mass is 10.1. The summed E-state index contributed by atoms with van der Waals surface area (Å²) in [6, 6.07) is 10.1. The number of aryl methyl sites for hydroxylation is 1. The highest BCUT2D eigenvalue weighted by atomic mass is 16.2. The molecule has 2 aromatic heterocycles. The molecule has 0 saturated heterocycles. The van der Waals surface area contributed by atoms with Gasteiger partial charge in [-0.3, -0.25) is 25.2 Å². The number of hydrogen-bond donors (Lipinski definition) is 2. The Bertz CT molecular complexity index is 1080. The molecule has 0 bridgehead atoms. The molecule has 2 amide bonds. The third-order valence-corrected chi connectivity index (χ3v) is 4.06. The summed E-state index contributed by atoms with van der Waals surface area (Å²) in [4.78, 5) is 37.3. The quantitative estimate of drug-likeness (QED) is 0.528. The van der Waals surface area contributed by atoms with Crippen LogP contribution in [0.2, 0.25) is 0 Å². The second-order valence-electron chi connectivity index (χ2n) is 5.76. The number of amides is 2. The van der Waals surface area contributed by atoms with Crippen molar-refractivity contribution in [3.8, 4) is 0 Å². The molecule has 27 heavy (non-hydrogen) atoms. The maximum Gasteiger partial charge on any atom is 0.290 e. The highest BCUT2D eigenvalue weighted by molar-refractivity contribution is 6.05. The molecule has 0 atom stereocenters. The number of rotatable bonds is 5. The SMILES string of the molecule is C=CCn1cccc1C(=O)NNC(=O)c1nn(CC)c(=O)c2ccccc12. The average Bonchev–Trinajstić information content (AvgIpc) is 3.15.